The lowest BCUT2D eigenvalue weighted by atomic mass is 10.1. The molecule has 2 aromatic rings. The Kier molecular flexibility index (Phi) is 6.74. The van der Waals surface area contributed by atoms with Crippen molar-refractivity contribution in [2.75, 3.05) is 12.8 Å². The molecule has 2 aromatic carbocycles. The zero-order valence-electron chi connectivity index (χ0n) is 11.6. The third-order valence-corrected chi connectivity index (χ3v) is 5.17. The molecule has 0 aliphatic carbocycles. The number of halogens is 3. The number of hydrogen-bond donors (Lipinski definition) is 1. The van der Waals surface area contributed by atoms with E-state index in [9.17, 15) is 4.39 Å². The second-order valence-electron chi connectivity index (χ2n) is 4.74. The molecular formula is C16H16Br2FNS. The largest absolute Gasteiger partial charge is 0.316 e. The Hall–Kier alpha value is -0.360. The minimum Gasteiger partial charge on any atom is -0.316 e. The molecule has 112 valence electrons. The molecule has 1 nitrogen and oxygen atoms in total. The minimum atomic E-state index is -0.200. The molecule has 0 bridgehead atoms. The van der Waals surface area contributed by atoms with Crippen molar-refractivity contribution < 1.29 is 4.39 Å². The number of likely N-dealkylation sites (N-methyl/N-ethyl adjacent to an activating group) is 1. The Morgan fingerprint density at radius 1 is 1.14 bits per heavy atom. The van der Waals surface area contributed by atoms with E-state index < -0.39 is 0 Å². The number of thioether (sulfide) groups is 1. The Labute approximate surface area is 146 Å². The van der Waals surface area contributed by atoms with Gasteiger partial charge in [0.05, 0.1) is 0 Å². The van der Waals surface area contributed by atoms with E-state index in [1.165, 1.54) is 11.0 Å². The van der Waals surface area contributed by atoms with E-state index in [1.807, 2.05) is 25.2 Å². The minimum absolute atomic E-state index is 0.200. The molecule has 5 heteroatoms. The van der Waals surface area contributed by atoms with Gasteiger partial charge >= 0.3 is 0 Å². The Bertz CT molecular complexity index is 586. The second kappa shape index (κ2) is 8.32. The van der Waals surface area contributed by atoms with Gasteiger partial charge in [-0.15, -0.1) is 11.8 Å². The lowest BCUT2D eigenvalue weighted by Gasteiger charge is -2.16. The quantitative estimate of drug-likeness (QED) is 0.623. The van der Waals surface area contributed by atoms with Crippen molar-refractivity contribution in [2.24, 2.45) is 0 Å². The van der Waals surface area contributed by atoms with Crippen LogP contribution in [0, 0.1) is 5.82 Å². The third-order valence-electron chi connectivity index (χ3n) is 3.06. The van der Waals surface area contributed by atoms with Crippen LogP contribution in [-0.2, 0) is 6.42 Å². The smallest absolute Gasteiger partial charge is 0.124 e. The molecular weight excluding hydrogens is 417 g/mol. The zero-order chi connectivity index (χ0) is 15.2. The van der Waals surface area contributed by atoms with Crippen LogP contribution >= 0.6 is 43.6 Å². The summed E-state index contributed by atoms with van der Waals surface area (Å²) in [4.78, 5) is 1.23. The first kappa shape index (κ1) is 17.0. The Balaban J connectivity index is 1.96. The average molecular weight is 433 g/mol. The van der Waals surface area contributed by atoms with E-state index >= 15 is 0 Å². The van der Waals surface area contributed by atoms with Gasteiger partial charge in [0.1, 0.15) is 5.82 Å². The summed E-state index contributed by atoms with van der Waals surface area (Å²) in [5, 5.41) is 3.30. The van der Waals surface area contributed by atoms with Crippen LogP contribution in [-0.4, -0.2) is 18.8 Å². The standard InChI is InChI=1S/C16H16Br2FNS/c1-20-15(7-11-5-13(18)8-14(19)6-11)10-21-16-4-2-3-12(17)9-16/h2-6,8-9,15,20H,7,10H2,1H3. The Morgan fingerprint density at radius 2 is 1.95 bits per heavy atom. The molecule has 0 radical (unpaired) electrons. The van der Waals surface area contributed by atoms with Crippen LogP contribution in [0.15, 0.2) is 56.3 Å². The number of benzene rings is 2. The Morgan fingerprint density at radius 3 is 2.62 bits per heavy atom. The van der Waals surface area contributed by atoms with Gasteiger partial charge in [-0.05, 0) is 55.4 Å². The van der Waals surface area contributed by atoms with Crippen LogP contribution in [0.1, 0.15) is 5.56 Å². The van der Waals surface area contributed by atoms with Crippen LogP contribution in [0.25, 0.3) is 0 Å². The maximum Gasteiger partial charge on any atom is 0.124 e. The fraction of sp³-hybridized carbons (Fsp3) is 0.250. The summed E-state index contributed by atoms with van der Waals surface area (Å²) in [6, 6.07) is 13.6. The van der Waals surface area contributed by atoms with Crippen molar-refractivity contribution in [3.8, 4) is 0 Å². The van der Waals surface area contributed by atoms with E-state index in [1.54, 1.807) is 17.8 Å². The van der Waals surface area contributed by atoms with Gasteiger partial charge in [-0.3, -0.25) is 0 Å². The molecule has 2 rings (SSSR count). The van der Waals surface area contributed by atoms with Crippen molar-refractivity contribution >= 4 is 43.6 Å². The molecule has 1 atom stereocenters. The van der Waals surface area contributed by atoms with Gasteiger partial charge in [-0.2, -0.15) is 0 Å². The summed E-state index contributed by atoms with van der Waals surface area (Å²) >= 11 is 8.61. The lowest BCUT2D eigenvalue weighted by Crippen LogP contribution is -2.30. The second-order valence-corrected chi connectivity index (χ2v) is 7.66. The van der Waals surface area contributed by atoms with Crippen LogP contribution in [0.5, 0.6) is 0 Å². The van der Waals surface area contributed by atoms with E-state index in [0.717, 1.165) is 26.7 Å². The van der Waals surface area contributed by atoms with Crippen LogP contribution < -0.4 is 5.32 Å². The molecule has 0 aromatic heterocycles. The van der Waals surface area contributed by atoms with Crippen molar-refractivity contribution in [3.05, 3.63) is 62.8 Å². The normalized spacial score (nSPS) is 12.4. The molecule has 0 spiro atoms. The van der Waals surface area contributed by atoms with Gasteiger partial charge in [-0.25, -0.2) is 4.39 Å². The van der Waals surface area contributed by atoms with Crippen molar-refractivity contribution in [1.29, 1.82) is 0 Å². The molecule has 0 aliphatic rings. The van der Waals surface area contributed by atoms with E-state index in [-0.39, 0.29) is 5.82 Å². The highest BCUT2D eigenvalue weighted by Crippen LogP contribution is 2.24. The number of nitrogens with one attached hydrogen (secondary N) is 1. The predicted octanol–water partition coefficient (Wildman–Crippen LogP) is 5.27. The summed E-state index contributed by atoms with van der Waals surface area (Å²) in [6.07, 6.45) is 0.799. The van der Waals surface area contributed by atoms with E-state index in [2.05, 4.69) is 49.3 Å². The molecule has 0 aliphatic heterocycles. The summed E-state index contributed by atoms with van der Waals surface area (Å²) in [5.74, 6) is 0.732. The predicted molar refractivity (Wildman–Crippen MR) is 95.5 cm³/mol. The third kappa shape index (κ3) is 5.74. The van der Waals surface area contributed by atoms with Crippen LogP contribution in [0.4, 0.5) is 4.39 Å². The lowest BCUT2D eigenvalue weighted by molar-refractivity contribution is 0.602. The van der Waals surface area contributed by atoms with Gasteiger partial charge in [0.25, 0.3) is 0 Å². The molecule has 1 N–H and O–H groups in total. The summed E-state index contributed by atoms with van der Waals surface area (Å²) < 4.78 is 15.3. The fourth-order valence-corrected chi connectivity index (χ4v) is 4.14. The topological polar surface area (TPSA) is 12.0 Å². The number of rotatable bonds is 6. The highest BCUT2D eigenvalue weighted by atomic mass is 79.9. The van der Waals surface area contributed by atoms with Crippen molar-refractivity contribution in [1.82, 2.24) is 5.32 Å². The average Bonchev–Trinajstić information content (AvgIpc) is 2.42. The highest BCUT2D eigenvalue weighted by molar-refractivity contribution is 9.10. The summed E-state index contributed by atoms with van der Waals surface area (Å²) in [6.45, 7) is 0. The maximum absolute atomic E-state index is 13.4. The van der Waals surface area contributed by atoms with Gasteiger partial charge in [-0.1, -0.05) is 37.9 Å². The molecule has 0 amide bonds. The van der Waals surface area contributed by atoms with E-state index in [4.69, 9.17) is 0 Å². The van der Waals surface area contributed by atoms with Gasteiger partial charge in [0.2, 0.25) is 0 Å². The summed E-state index contributed by atoms with van der Waals surface area (Å²) in [5.41, 5.74) is 0.996. The summed E-state index contributed by atoms with van der Waals surface area (Å²) in [7, 11) is 1.94. The highest BCUT2D eigenvalue weighted by Gasteiger charge is 2.10. The molecule has 21 heavy (non-hydrogen) atoms. The fourth-order valence-electron chi connectivity index (χ4n) is 2.01. The maximum atomic E-state index is 13.4. The first-order valence-electron chi connectivity index (χ1n) is 6.57. The van der Waals surface area contributed by atoms with Gasteiger partial charge in [0, 0.05) is 25.6 Å². The molecule has 1 unspecified atom stereocenters. The van der Waals surface area contributed by atoms with Gasteiger partial charge < -0.3 is 5.32 Å². The monoisotopic (exact) mass is 431 g/mol. The first-order chi connectivity index (χ1) is 10.1. The SMILES string of the molecule is CNC(CSc1cccc(Br)c1)Cc1cc(F)cc(Br)c1. The number of hydrogen-bond acceptors (Lipinski definition) is 2. The first-order valence-corrected chi connectivity index (χ1v) is 9.14. The molecule has 0 heterocycles. The van der Waals surface area contributed by atoms with Crippen LogP contribution in [0.2, 0.25) is 0 Å². The van der Waals surface area contributed by atoms with Gasteiger partial charge in [0.15, 0.2) is 0 Å². The molecule has 0 fully saturated rings. The van der Waals surface area contributed by atoms with E-state index in [0.29, 0.717) is 6.04 Å². The van der Waals surface area contributed by atoms with Crippen molar-refractivity contribution in [2.45, 2.75) is 17.4 Å². The van der Waals surface area contributed by atoms with Crippen LogP contribution in [0.3, 0.4) is 0 Å². The van der Waals surface area contributed by atoms with Crippen molar-refractivity contribution in [3.63, 3.8) is 0 Å². The molecule has 0 saturated carbocycles. The zero-order valence-corrected chi connectivity index (χ0v) is 15.6. The molecule has 0 saturated heterocycles.